The highest BCUT2D eigenvalue weighted by Crippen LogP contribution is 2.23. The normalized spacial score (nSPS) is 16.2. The van der Waals surface area contributed by atoms with Crippen LogP contribution in [-0.4, -0.2) is 5.78 Å². The summed E-state index contributed by atoms with van der Waals surface area (Å²) >= 11 is 5.05. The lowest BCUT2D eigenvalue weighted by Crippen LogP contribution is -2.07. The van der Waals surface area contributed by atoms with Gasteiger partial charge in [-0.05, 0) is 53.3 Å². The van der Waals surface area contributed by atoms with Crippen molar-refractivity contribution in [3.8, 4) is 0 Å². The van der Waals surface area contributed by atoms with Crippen molar-refractivity contribution in [1.29, 1.82) is 0 Å². The van der Waals surface area contributed by atoms with Crippen molar-refractivity contribution in [3.63, 3.8) is 0 Å². The topological polar surface area (TPSA) is 17.1 Å². The van der Waals surface area contributed by atoms with Crippen LogP contribution in [0.4, 0.5) is 0 Å². The van der Waals surface area contributed by atoms with E-state index in [0.717, 1.165) is 27.8 Å². The minimum Gasteiger partial charge on any atom is -0.294 e. The van der Waals surface area contributed by atoms with Crippen LogP contribution < -0.4 is 0 Å². The van der Waals surface area contributed by atoms with E-state index >= 15 is 0 Å². The van der Waals surface area contributed by atoms with E-state index in [4.69, 9.17) is 0 Å². The van der Waals surface area contributed by atoms with Crippen molar-refractivity contribution in [2.75, 3.05) is 0 Å². The van der Waals surface area contributed by atoms with Gasteiger partial charge >= 0.3 is 0 Å². The fraction of sp³-hybridized carbons (Fsp3) is 0.417. The number of allylic oxidation sites excluding steroid dienone is 2. The molecule has 80 valence electrons. The molecule has 0 radical (unpaired) electrons. The van der Waals surface area contributed by atoms with Crippen LogP contribution in [0.3, 0.4) is 0 Å². The lowest BCUT2D eigenvalue weighted by Gasteiger charge is -2.10. The van der Waals surface area contributed by atoms with Gasteiger partial charge in [-0.1, -0.05) is 6.08 Å². The number of rotatable bonds is 3. The molecule has 0 aromatic carbocycles. The number of ketones is 1. The maximum atomic E-state index is 11.9. The average Bonchev–Trinajstić information content (AvgIpc) is 2.65. The quantitative estimate of drug-likeness (QED) is 0.816. The van der Waals surface area contributed by atoms with Crippen molar-refractivity contribution in [3.05, 3.63) is 32.4 Å². The summed E-state index contributed by atoms with van der Waals surface area (Å²) in [6.07, 6.45) is 7.16. The van der Waals surface area contributed by atoms with Gasteiger partial charge in [0.2, 0.25) is 0 Å². The van der Waals surface area contributed by atoms with Crippen LogP contribution in [0.25, 0.3) is 0 Å². The zero-order valence-electron chi connectivity index (χ0n) is 8.46. The van der Waals surface area contributed by atoms with E-state index in [1.54, 1.807) is 11.3 Å². The molecule has 0 unspecified atom stereocenters. The van der Waals surface area contributed by atoms with E-state index < -0.39 is 0 Å². The van der Waals surface area contributed by atoms with Crippen LogP contribution in [-0.2, 0) is 11.2 Å². The van der Waals surface area contributed by atoms with Crippen LogP contribution in [0, 0.1) is 0 Å². The lowest BCUT2D eigenvalue weighted by molar-refractivity contribution is -0.115. The van der Waals surface area contributed by atoms with Crippen molar-refractivity contribution in [2.45, 2.75) is 32.1 Å². The predicted octanol–water partition coefficient (Wildman–Crippen LogP) is 4.12. The second-order valence-electron chi connectivity index (χ2n) is 3.81. The molecular formula is C12H13BrOS. The highest BCUT2D eigenvalue weighted by atomic mass is 79.9. The molecule has 1 aliphatic rings. The Morgan fingerprint density at radius 1 is 1.47 bits per heavy atom. The number of carbonyl (C=O) groups is 1. The summed E-state index contributed by atoms with van der Waals surface area (Å²) in [7, 11) is 0. The minimum absolute atomic E-state index is 0.309. The second-order valence-corrected chi connectivity index (χ2v) is 5.72. The fourth-order valence-corrected chi connectivity index (χ4v) is 3.26. The summed E-state index contributed by atoms with van der Waals surface area (Å²) in [5, 5.41) is 2.03. The van der Waals surface area contributed by atoms with Crippen LogP contribution in [0.1, 0.15) is 30.6 Å². The summed E-state index contributed by atoms with van der Waals surface area (Å²) in [5.74, 6) is 0.309. The van der Waals surface area contributed by atoms with E-state index in [-0.39, 0.29) is 0 Å². The van der Waals surface area contributed by atoms with Gasteiger partial charge < -0.3 is 0 Å². The molecule has 1 aromatic rings. The molecule has 1 aromatic heterocycles. The summed E-state index contributed by atoms with van der Waals surface area (Å²) in [4.78, 5) is 13.1. The Morgan fingerprint density at radius 2 is 2.33 bits per heavy atom. The van der Waals surface area contributed by atoms with Gasteiger partial charge in [0.1, 0.15) is 0 Å². The number of hydrogen-bond acceptors (Lipinski definition) is 2. The number of hydrogen-bond donors (Lipinski definition) is 0. The average molecular weight is 285 g/mol. The SMILES string of the molecule is O=C(Cc1cc(Br)cs1)C1=CCCCC1. The Morgan fingerprint density at radius 3 is 2.93 bits per heavy atom. The molecule has 0 fully saturated rings. The Bertz CT molecular complexity index is 392. The second kappa shape index (κ2) is 5.08. The number of carbonyl (C=O) groups excluding carboxylic acids is 1. The summed E-state index contributed by atoms with van der Waals surface area (Å²) < 4.78 is 1.08. The molecule has 0 saturated carbocycles. The van der Waals surface area contributed by atoms with E-state index in [9.17, 15) is 4.79 Å². The van der Waals surface area contributed by atoms with Crippen molar-refractivity contribution in [2.24, 2.45) is 0 Å². The Labute approximate surface area is 102 Å². The highest BCUT2D eigenvalue weighted by molar-refractivity contribution is 9.10. The van der Waals surface area contributed by atoms with E-state index in [0.29, 0.717) is 12.2 Å². The van der Waals surface area contributed by atoms with E-state index in [1.807, 2.05) is 11.4 Å². The van der Waals surface area contributed by atoms with Gasteiger partial charge in [0.05, 0.1) is 0 Å². The number of halogens is 1. The molecule has 0 amide bonds. The molecule has 0 aliphatic heterocycles. The summed E-state index contributed by atoms with van der Waals surface area (Å²) in [5.41, 5.74) is 1.05. The van der Waals surface area contributed by atoms with Gasteiger partial charge in [-0.15, -0.1) is 11.3 Å². The minimum atomic E-state index is 0.309. The summed E-state index contributed by atoms with van der Waals surface area (Å²) in [6.45, 7) is 0. The van der Waals surface area contributed by atoms with Crippen molar-refractivity contribution in [1.82, 2.24) is 0 Å². The maximum Gasteiger partial charge on any atom is 0.163 e. The van der Waals surface area contributed by atoms with Crippen LogP contribution in [0.2, 0.25) is 0 Å². The number of thiophene rings is 1. The molecule has 1 heterocycles. The molecule has 0 atom stereocenters. The van der Waals surface area contributed by atoms with Crippen molar-refractivity contribution >= 4 is 33.0 Å². The van der Waals surface area contributed by atoms with Gasteiger partial charge in [0.15, 0.2) is 5.78 Å². The summed E-state index contributed by atoms with van der Waals surface area (Å²) in [6, 6.07) is 2.03. The molecule has 2 rings (SSSR count). The number of Topliss-reactive ketones (excluding diaryl/α,β-unsaturated/α-hetero) is 1. The third kappa shape index (κ3) is 3.02. The Kier molecular flexibility index (Phi) is 3.76. The smallest absolute Gasteiger partial charge is 0.163 e. The Balaban J connectivity index is 2.00. The van der Waals surface area contributed by atoms with Crippen LogP contribution >= 0.6 is 27.3 Å². The van der Waals surface area contributed by atoms with Gasteiger partial charge in [0, 0.05) is 21.2 Å². The monoisotopic (exact) mass is 284 g/mol. The molecular weight excluding hydrogens is 272 g/mol. The van der Waals surface area contributed by atoms with Crippen molar-refractivity contribution < 1.29 is 4.79 Å². The van der Waals surface area contributed by atoms with Gasteiger partial charge in [-0.25, -0.2) is 0 Å². The molecule has 0 bridgehead atoms. The third-order valence-electron chi connectivity index (χ3n) is 2.61. The van der Waals surface area contributed by atoms with Crippen LogP contribution in [0.5, 0.6) is 0 Å². The zero-order chi connectivity index (χ0) is 10.7. The molecule has 0 spiro atoms. The van der Waals surface area contributed by atoms with E-state index in [2.05, 4.69) is 22.0 Å². The molecule has 15 heavy (non-hydrogen) atoms. The van der Waals surface area contributed by atoms with Gasteiger partial charge in [0.25, 0.3) is 0 Å². The maximum absolute atomic E-state index is 11.9. The largest absolute Gasteiger partial charge is 0.294 e. The molecule has 0 N–H and O–H groups in total. The van der Waals surface area contributed by atoms with Gasteiger partial charge in [-0.3, -0.25) is 4.79 Å². The van der Waals surface area contributed by atoms with Crippen LogP contribution in [0.15, 0.2) is 27.6 Å². The van der Waals surface area contributed by atoms with Gasteiger partial charge in [-0.2, -0.15) is 0 Å². The standard InChI is InChI=1S/C12H13BrOS/c13-10-6-11(15-8-10)7-12(14)9-4-2-1-3-5-9/h4,6,8H,1-3,5,7H2. The van der Waals surface area contributed by atoms with E-state index in [1.165, 1.54) is 12.8 Å². The first kappa shape index (κ1) is 11.1. The first-order valence-corrected chi connectivity index (χ1v) is 6.88. The highest BCUT2D eigenvalue weighted by Gasteiger charge is 2.13. The molecule has 1 nitrogen and oxygen atoms in total. The lowest BCUT2D eigenvalue weighted by atomic mass is 9.95. The predicted molar refractivity (Wildman–Crippen MR) is 67.3 cm³/mol. The molecule has 1 aliphatic carbocycles. The molecule has 0 saturated heterocycles. The Hall–Kier alpha value is -0.410. The third-order valence-corrected chi connectivity index (χ3v) is 4.30. The first-order valence-electron chi connectivity index (χ1n) is 5.21. The first-order chi connectivity index (χ1) is 7.25. The fourth-order valence-electron chi connectivity index (χ4n) is 1.81. The molecule has 3 heteroatoms. The zero-order valence-corrected chi connectivity index (χ0v) is 10.9.